The van der Waals surface area contributed by atoms with Gasteiger partial charge in [-0.15, -0.1) is 0 Å². The van der Waals surface area contributed by atoms with Crippen molar-refractivity contribution in [1.82, 2.24) is 4.98 Å². The Morgan fingerprint density at radius 3 is 2.64 bits per heavy atom. The van der Waals surface area contributed by atoms with E-state index in [1.807, 2.05) is 25.1 Å². The molecule has 0 aliphatic carbocycles. The molecule has 0 aliphatic rings. The zero-order chi connectivity index (χ0) is 23.8. The van der Waals surface area contributed by atoms with Gasteiger partial charge in [-0.1, -0.05) is 0 Å². The van der Waals surface area contributed by atoms with Crippen molar-refractivity contribution in [3.8, 4) is 11.8 Å². The molecule has 10 heteroatoms. The first kappa shape index (κ1) is 23.8. The summed E-state index contributed by atoms with van der Waals surface area (Å²) in [4.78, 5) is 14.7. The predicted octanol–water partition coefficient (Wildman–Crippen LogP) is 5.10. The third-order valence-corrected chi connectivity index (χ3v) is 5.14. The van der Waals surface area contributed by atoms with Crippen LogP contribution in [0.1, 0.15) is 27.9 Å². The Morgan fingerprint density at radius 1 is 1.24 bits per heavy atom. The van der Waals surface area contributed by atoms with E-state index in [9.17, 15) is 15.4 Å². The number of ether oxygens (including phenoxy) is 2. The summed E-state index contributed by atoms with van der Waals surface area (Å²) in [5.74, 6) is 0.984. The van der Waals surface area contributed by atoms with E-state index in [2.05, 4.69) is 37.5 Å². The molecule has 0 saturated carbocycles. The van der Waals surface area contributed by atoms with Crippen LogP contribution in [-0.4, -0.2) is 23.2 Å². The van der Waals surface area contributed by atoms with E-state index < -0.39 is 4.92 Å². The largest absolute Gasteiger partial charge is 0.488 e. The van der Waals surface area contributed by atoms with Gasteiger partial charge >= 0.3 is 0 Å². The Balaban J connectivity index is 1.66. The maximum Gasteiger partial charge on any atom is 0.269 e. The lowest BCUT2D eigenvalue weighted by molar-refractivity contribution is -0.384. The molecule has 0 atom stereocenters. The van der Waals surface area contributed by atoms with Crippen molar-refractivity contribution in [2.24, 2.45) is 5.10 Å². The molecule has 9 nitrogen and oxygen atoms in total. The summed E-state index contributed by atoms with van der Waals surface area (Å²) >= 11 is 3.48. The lowest BCUT2D eigenvalue weighted by Gasteiger charge is -2.10. The number of aromatic nitrogens is 1. The van der Waals surface area contributed by atoms with Crippen molar-refractivity contribution < 1.29 is 14.4 Å². The number of nitrogens with one attached hydrogen (secondary N) is 1. The van der Waals surface area contributed by atoms with E-state index in [4.69, 9.17) is 9.47 Å². The van der Waals surface area contributed by atoms with Crippen LogP contribution in [0.4, 0.5) is 11.5 Å². The predicted molar refractivity (Wildman–Crippen MR) is 127 cm³/mol. The number of anilines is 1. The number of nitro groups is 1. The first-order valence-corrected chi connectivity index (χ1v) is 10.5. The van der Waals surface area contributed by atoms with Gasteiger partial charge in [-0.2, -0.15) is 10.4 Å². The summed E-state index contributed by atoms with van der Waals surface area (Å²) in [5.41, 5.74) is 6.34. The highest BCUT2D eigenvalue weighted by molar-refractivity contribution is 9.10. The number of nitriles is 1. The lowest BCUT2D eigenvalue weighted by atomic mass is 10.1. The Kier molecular flexibility index (Phi) is 8.07. The van der Waals surface area contributed by atoms with E-state index in [-0.39, 0.29) is 12.3 Å². The molecule has 0 radical (unpaired) electrons. The van der Waals surface area contributed by atoms with Crippen LogP contribution in [0.15, 0.2) is 58.1 Å². The molecule has 0 fully saturated rings. The third-order valence-electron chi connectivity index (χ3n) is 4.52. The summed E-state index contributed by atoms with van der Waals surface area (Å²) in [6.07, 6.45) is 1.60. The minimum absolute atomic E-state index is 0.0369. The smallest absolute Gasteiger partial charge is 0.269 e. The van der Waals surface area contributed by atoms with Crippen molar-refractivity contribution in [2.75, 3.05) is 12.5 Å². The minimum Gasteiger partial charge on any atom is -0.488 e. The fourth-order valence-electron chi connectivity index (χ4n) is 2.97. The zero-order valence-electron chi connectivity index (χ0n) is 17.9. The van der Waals surface area contributed by atoms with Gasteiger partial charge in [0, 0.05) is 30.5 Å². The van der Waals surface area contributed by atoms with Gasteiger partial charge in [-0.3, -0.25) is 15.5 Å². The highest BCUT2D eigenvalue weighted by atomic mass is 79.9. The second-order valence-electron chi connectivity index (χ2n) is 6.96. The third kappa shape index (κ3) is 6.35. The van der Waals surface area contributed by atoms with Gasteiger partial charge in [0.1, 0.15) is 24.0 Å². The summed E-state index contributed by atoms with van der Waals surface area (Å²) in [7, 11) is 1.57. The van der Waals surface area contributed by atoms with Gasteiger partial charge in [0.2, 0.25) is 0 Å². The van der Waals surface area contributed by atoms with Gasteiger partial charge in [0.15, 0.2) is 5.82 Å². The van der Waals surface area contributed by atoms with Crippen molar-refractivity contribution >= 4 is 33.6 Å². The Bertz CT molecular complexity index is 1220. The number of benzene rings is 2. The van der Waals surface area contributed by atoms with E-state index >= 15 is 0 Å². The van der Waals surface area contributed by atoms with E-state index in [1.165, 1.54) is 12.1 Å². The number of non-ortho nitro benzene ring substituents is 1. The van der Waals surface area contributed by atoms with Crippen LogP contribution < -0.4 is 10.2 Å². The highest BCUT2D eigenvalue weighted by Crippen LogP contribution is 2.27. The van der Waals surface area contributed by atoms with Crippen LogP contribution in [0.3, 0.4) is 0 Å². The molecule has 1 N–H and O–H groups in total. The molecule has 0 amide bonds. The highest BCUT2D eigenvalue weighted by Gasteiger charge is 2.11. The number of aryl methyl sites for hydroxylation is 1. The Hall–Kier alpha value is -3.81. The van der Waals surface area contributed by atoms with Crippen LogP contribution in [0.25, 0.3) is 0 Å². The molecule has 1 heterocycles. The number of nitro benzene ring substituents is 1. The van der Waals surface area contributed by atoms with Crippen LogP contribution in [0.2, 0.25) is 0 Å². The molecule has 0 saturated heterocycles. The zero-order valence-corrected chi connectivity index (χ0v) is 19.5. The van der Waals surface area contributed by atoms with Crippen LogP contribution >= 0.6 is 15.9 Å². The number of rotatable bonds is 9. The molecule has 0 bridgehead atoms. The van der Waals surface area contributed by atoms with Gasteiger partial charge in [-0.05, 0) is 70.4 Å². The monoisotopic (exact) mass is 509 g/mol. The van der Waals surface area contributed by atoms with Gasteiger partial charge in [0.25, 0.3) is 5.69 Å². The fraction of sp³-hybridized carbons (Fsp3) is 0.174. The summed E-state index contributed by atoms with van der Waals surface area (Å²) < 4.78 is 11.7. The van der Waals surface area contributed by atoms with Crippen molar-refractivity contribution in [3.05, 3.63) is 91.1 Å². The number of hydrazone groups is 1. The molecule has 0 unspecified atom stereocenters. The summed E-state index contributed by atoms with van der Waals surface area (Å²) in [5, 5.41) is 24.4. The number of pyridine rings is 1. The van der Waals surface area contributed by atoms with Crippen LogP contribution in [0.5, 0.6) is 5.75 Å². The Labute approximate surface area is 199 Å². The van der Waals surface area contributed by atoms with Crippen LogP contribution in [0, 0.1) is 28.4 Å². The average molecular weight is 510 g/mol. The molecule has 3 aromatic rings. The minimum atomic E-state index is -0.439. The maximum absolute atomic E-state index is 10.7. The van der Waals surface area contributed by atoms with Crippen molar-refractivity contribution in [1.29, 1.82) is 5.26 Å². The molecule has 3 rings (SSSR count). The van der Waals surface area contributed by atoms with Gasteiger partial charge < -0.3 is 9.47 Å². The number of nitrogens with zero attached hydrogens (tertiary/aromatic N) is 4. The molecule has 0 spiro atoms. The summed E-state index contributed by atoms with van der Waals surface area (Å²) in [6, 6.07) is 15.6. The van der Waals surface area contributed by atoms with Crippen molar-refractivity contribution in [2.45, 2.75) is 20.1 Å². The number of hydrogen-bond acceptors (Lipinski definition) is 8. The maximum atomic E-state index is 10.7. The molecule has 2 aromatic carbocycles. The molecule has 1 aromatic heterocycles. The number of methoxy groups -OCH3 is 1. The average Bonchev–Trinajstić information content (AvgIpc) is 2.79. The van der Waals surface area contributed by atoms with Gasteiger partial charge in [0.05, 0.1) is 22.2 Å². The Morgan fingerprint density at radius 2 is 2.00 bits per heavy atom. The topological polar surface area (TPSA) is 123 Å². The van der Waals surface area contributed by atoms with Crippen molar-refractivity contribution in [3.63, 3.8) is 0 Å². The standard InChI is InChI=1S/C23H20BrN5O4/c1-15-9-18(14-32-2)20(11-25)23(27-15)28-26-12-17-5-8-22(21(24)10-17)33-13-16-3-6-19(7-4-16)29(30)31/h3-10,12H,13-14H2,1-2H3,(H,27,28). The first-order chi connectivity index (χ1) is 15.9. The second kappa shape index (κ2) is 11.2. The van der Waals surface area contributed by atoms with Crippen LogP contribution in [-0.2, 0) is 18.0 Å². The summed E-state index contributed by atoms with van der Waals surface area (Å²) in [6.45, 7) is 2.41. The number of hydrogen-bond donors (Lipinski definition) is 1. The molecule has 168 valence electrons. The number of halogens is 1. The van der Waals surface area contributed by atoms with Gasteiger partial charge in [-0.25, -0.2) is 4.98 Å². The molecule has 0 aliphatic heterocycles. The normalized spacial score (nSPS) is 10.7. The van der Waals surface area contributed by atoms with E-state index in [0.29, 0.717) is 23.7 Å². The molecular weight excluding hydrogens is 490 g/mol. The van der Waals surface area contributed by atoms with E-state index in [0.717, 1.165) is 26.9 Å². The van der Waals surface area contributed by atoms with E-state index in [1.54, 1.807) is 31.5 Å². The molecule has 33 heavy (non-hydrogen) atoms. The lowest BCUT2D eigenvalue weighted by Crippen LogP contribution is -2.03. The molecular formula is C23H20BrN5O4. The fourth-order valence-corrected chi connectivity index (χ4v) is 3.48. The second-order valence-corrected chi connectivity index (χ2v) is 7.82. The SMILES string of the molecule is COCc1cc(C)nc(NN=Cc2ccc(OCc3ccc([N+](=O)[O-])cc3)c(Br)c2)c1C#N. The quantitative estimate of drug-likeness (QED) is 0.241. The first-order valence-electron chi connectivity index (χ1n) is 9.75.